The van der Waals surface area contributed by atoms with Crippen molar-refractivity contribution >= 4 is 12.0 Å². The van der Waals surface area contributed by atoms with Crippen molar-refractivity contribution in [2.75, 3.05) is 19.8 Å². The average Bonchev–Trinajstić information content (AvgIpc) is 2.75. The predicted molar refractivity (Wildman–Crippen MR) is 111 cm³/mol. The number of aryl methyl sites for hydroxylation is 1. The number of aromatic hydroxyl groups is 1. The Bertz CT molecular complexity index is 922. The summed E-state index contributed by atoms with van der Waals surface area (Å²) >= 11 is 0. The second kappa shape index (κ2) is 9.54. The van der Waals surface area contributed by atoms with E-state index in [1.165, 1.54) is 12.1 Å². The molecular formula is C23H26O7. The molecule has 1 heterocycles. The van der Waals surface area contributed by atoms with Crippen molar-refractivity contribution in [2.24, 2.45) is 0 Å². The highest BCUT2D eigenvalue weighted by atomic mass is 16.7. The SMILES string of the molecule is CCOc1cc(CC)c(OCCCOC2(C(=O)O)C=Cc3ccccc3O2)cc1O. The van der Waals surface area contributed by atoms with E-state index in [2.05, 4.69) is 0 Å². The van der Waals surface area contributed by atoms with Crippen LogP contribution < -0.4 is 14.2 Å². The molecule has 2 N–H and O–H groups in total. The quantitative estimate of drug-likeness (QED) is 0.567. The van der Waals surface area contributed by atoms with E-state index in [9.17, 15) is 15.0 Å². The standard InChI is InChI=1S/C23H26O7/c1-3-16-14-21(27-4-2)18(24)15-20(16)28-12-7-13-29-23(22(25)26)11-10-17-8-5-6-9-19(17)30-23/h5-6,8-11,14-15,24H,3-4,7,12-13H2,1-2H3,(H,25,26). The minimum Gasteiger partial charge on any atom is -0.504 e. The van der Waals surface area contributed by atoms with Gasteiger partial charge < -0.3 is 29.2 Å². The van der Waals surface area contributed by atoms with E-state index in [0.717, 1.165) is 11.1 Å². The van der Waals surface area contributed by atoms with Gasteiger partial charge in [0.15, 0.2) is 11.5 Å². The van der Waals surface area contributed by atoms with Gasteiger partial charge in [-0.3, -0.25) is 0 Å². The molecular weight excluding hydrogens is 388 g/mol. The molecule has 2 aromatic carbocycles. The number of phenols is 1. The molecule has 0 saturated carbocycles. The van der Waals surface area contributed by atoms with Crippen molar-refractivity contribution in [3.05, 3.63) is 53.6 Å². The van der Waals surface area contributed by atoms with E-state index in [-0.39, 0.29) is 19.0 Å². The fourth-order valence-corrected chi connectivity index (χ4v) is 3.10. The monoisotopic (exact) mass is 414 g/mol. The van der Waals surface area contributed by atoms with E-state index in [0.29, 0.717) is 36.7 Å². The first kappa shape index (κ1) is 21.5. The Morgan fingerprint density at radius 3 is 2.63 bits per heavy atom. The van der Waals surface area contributed by atoms with Crippen LogP contribution in [0.25, 0.3) is 6.08 Å². The van der Waals surface area contributed by atoms with Crippen LogP contribution in [0.5, 0.6) is 23.0 Å². The minimum atomic E-state index is -1.86. The van der Waals surface area contributed by atoms with Gasteiger partial charge in [-0.15, -0.1) is 0 Å². The molecule has 0 radical (unpaired) electrons. The summed E-state index contributed by atoms with van der Waals surface area (Å²) in [4.78, 5) is 11.8. The third-order valence-electron chi connectivity index (χ3n) is 4.65. The fraction of sp³-hybridized carbons (Fsp3) is 0.348. The Morgan fingerprint density at radius 2 is 1.90 bits per heavy atom. The fourth-order valence-electron chi connectivity index (χ4n) is 3.10. The van der Waals surface area contributed by atoms with Gasteiger partial charge in [-0.25, -0.2) is 4.79 Å². The molecule has 1 unspecified atom stereocenters. The number of carbonyl (C=O) groups is 1. The third kappa shape index (κ3) is 4.68. The highest BCUT2D eigenvalue weighted by molar-refractivity contribution is 5.82. The van der Waals surface area contributed by atoms with E-state index in [1.54, 1.807) is 24.3 Å². The van der Waals surface area contributed by atoms with Gasteiger partial charge in [0, 0.05) is 18.1 Å². The second-order valence-corrected chi connectivity index (χ2v) is 6.71. The number of hydrogen-bond acceptors (Lipinski definition) is 6. The lowest BCUT2D eigenvalue weighted by atomic mass is 10.1. The molecule has 1 aliphatic rings. The smallest absolute Gasteiger partial charge is 0.381 e. The van der Waals surface area contributed by atoms with Gasteiger partial charge in [0.05, 0.1) is 19.8 Å². The van der Waals surface area contributed by atoms with Gasteiger partial charge in [-0.05, 0) is 43.2 Å². The van der Waals surface area contributed by atoms with Crippen LogP contribution in [0, 0.1) is 0 Å². The predicted octanol–water partition coefficient (Wildman–Crippen LogP) is 4.03. The van der Waals surface area contributed by atoms with Crippen molar-refractivity contribution in [1.82, 2.24) is 0 Å². The Hall–Kier alpha value is -3.19. The summed E-state index contributed by atoms with van der Waals surface area (Å²) in [5, 5.41) is 19.7. The number of carboxylic acid groups (broad SMARTS) is 1. The summed E-state index contributed by atoms with van der Waals surface area (Å²) in [6, 6.07) is 10.5. The van der Waals surface area contributed by atoms with Crippen molar-refractivity contribution in [1.29, 1.82) is 0 Å². The Balaban J connectivity index is 1.57. The number of rotatable bonds is 10. The number of aliphatic carboxylic acids is 1. The first-order valence-electron chi connectivity index (χ1n) is 9.95. The molecule has 0 saturated heterocycles. The number of carboxylic acids is 1. The lowest BCUT2D eigenvalue weighted by Crippen LogP contribution is -2.47. The van der Waals surface area contributed by atoms with E-state index in [1.807, 2.05) is 26.0 Å². The summed E-state index contributed by atoms with van der Waals surface area (Å²) in [6.07, 6.45) is 4.23. The molecule has 3 rings (SSSR count). The number of para-hydroxylation sites is 1. The molecule has 7 heteroatoms. The largest absolute Gasteiger partial charge is 0.504 e. The molecule has 0 aliphatic carbocycles. The van der Waals surface area contributed by atoms with E-state index in [4.69, 9.17) is 18.9 Å². The summed E-state index contributed by atoms with van der Waals surface area (Å²) < 4.78 is 22.4. The summed E-state index contributed by atoms with van der Waals surface area (Å²) in [7, 11) is 0. The number of ether oxygens (including phenoxy) is 4. The zero-order chi connectivity index (χ0) is 21.6. The van der Waals surface area contributed by atoms with Gasteiger partial charge in [0.2, 0.25) is 0 Å². The van der Waals surface area contributed by atoms with E-state index >= 15 is 0 Å². The topological polar surface area (TPSA) is 94.5 Å². The zero-order valence-corrected chi connectivity index (χ0v) is 17.1. The van der Waals surface area contributed by atoms with Gasteiger partial charge in [0.1, 0.15) is 11.5 Å². The molecule has 0 bridgehead atoms. The lowest BCUT2D eigenvalue weighted by Gasteiger charge is -2.30. The molecule has 7 nitrogen and oxygen atoms in total. The summed E-state index contributed by atoms with van der Waals surface area (Å²) in [5.74, 6) is -1.62. The van der Waals surface area contributed by atoms with Crippen LogP contribution in [0.15, 0.2) is 42.5 Å². The molecule has 2 aromatic rings. The number of benzene rings is 2. The van der Waals surface area contributed by atoms with Crippen LogP contribution in [0.2, 0.25) is 0 Å². The van der Waals surface area contributed by atoms with E-state index < -0.39 is 11.8 Å². The molecule has 0 aromatic heterocycles. The third-order valence-corrected chi connectivity index (χ3v) is 4.65. The highest BCUT2D eigenvalue weighted by Gasteiger charge is 2.42. The highest BCUT2D eigenvalue weighted by Crippen LogP contribution is 2.35. The molecule has 1 aliphatic heterocycles. The normalized spacial score (nSPS) is 17.1. The molecule has 0 spiro atoms. The average molecular weight is 414 g/mol. The molecule has 0 amide bonds. The van der Waals surface area contributed by atoms with Gasteiger partial charge in [0.25, 0.3) is 0 Å². The maximum absolute atomic E-state index is 11.8. The first-order valence-corrected chi connectivity index (χ1v) is 9.95. The summed E-state index contributed by atoms with van der Waals surface area (Å²) in [5.41, 5.74) is 1.71. The van der Waals surface area contributed by atoms with Gasteiger partial charge in [-0.1, -0.05) is 25.1 Å². The number of fused-ring (bicyclic) bond motifs is 1. The van der Waals surface area contributed by atoms with Crippen LogP contribution in [0.3, 0.4) is 0 Å². The zero-order valence-electron chi connectivity index (χ0n) is 17.1. The van der Waals surface area contributed by atoms with Crippen LogP contribution in [-0.2, 0) is 16.0 Å². The number of hydrogen-bond donors (Lipinski definition) is 2. The lowest BCUT2D eigenvalue weighted by molar-refractivity contribution is -0.195. The molecule has 1 atom stereocenters. The van der Waals surface area contributed by atoms with Crippen LogP contribution in [0.1, 0.15) is 31.4 Å². The molecule has 160 valence electrons. The Labute approximate surface area is 175 Å². The number of phenolic OH excluding ortho intramolecular Hbond substituents is 1. The Morgan fingerprint density at radius 1 is 1.10 bits per heavy atom. The van der Waals surface area contributed by atoms with Gasteiger partial charge >= 0.3 is 11.8 Å². The first-order chi connectivity index (χ1) is 14.5. The second-order valence-electron chi connectivity index (χ2n) is 6.71. The van der Waals surface area contributed by atoms with Crippen molar-refractivity contribution in [2.45, 2.75) is 32.5 Å². The van der Waals surface area contributed by atoms with Crippen molar-refractivity contribution in [3.63, 3.8) is 0 Å². The van der Waals surface area contributed by atoms with Gasteiger partial charge in [-0.2, -0.15) is 0 Å². The van der Waals surface area contributed by atoms with Crippen LogP contribution in [0.4, 0.5) is 0 Å². The molecule has 0 fully saturated rings. The maximum Gasteiger partial charge on any atom is 0.381 e. The molecule has 30 heavy (non-hydrogen) atoms. The Kier molecular flexibility index (Phi) is 6.84. The van der Waals surface area contributed by atoms with Crippen LogP contribution >= 0.6 is 0 Å². The summed E-state index contributed by atoms with van der Waals surface area (Å²) in [6.45, 7) is 4.70. The van der Waals surface area contributed by atoms with Crippen molar-refractivity contribution < 1.29 is 34.0 Å². The van der Waals surface area contributed by atoms with Crippen molar-refractivity contribution in [3.8, 4) is 23.0 Å². The van der Waals surface area contributed by atoms with Crippen LogP contribution in [-0.4, -0.2) is 41.8 Å². The minimum absolute atomic E-state index is 0.0181. The maximum atomic E-state index is 11.8.